The van der Waals surface area contributed by atoms with Gasteiger partial charge in [-0.05, 0) is 30.7 Å². The maximum absolute atomic E-state index is 13.1. The fraction of sp³-hybridized carbons (Fsp3) is 0.435. The predicted octanol–water partition coefficient (Wildman–Crippen LogP) is 0.916. The third-order valence-electron chi connectivity index (χ3n) is 6.05. The van der Waals surface area contributed by atoms with Gasteiger partial charge in [-0.25, -0.2) is 9.97 Å². The van der Waals surface area contributed by atoms with Gasteiger partial charge in [-0.3, -0.25) is 19.3 Å². The molecule has 0 unspecified atom stereocenters. The lowest BCUT2D eigenvalue weighted by Crippen LogP contribution is -2.60. The summed E-state index contributed by atoms with van der Waals surface area (Å²) in [5.41, 5.74) is 1.45. The van der Waals surface area contributed by atoms with Crippen LogP contribution in [-0.4, -0.2) is 89.3 Å². The summed E-state index contributed by atoms with van der Waals surface area (Å²) in [6.07, 6.45) is 3.30. The molecule has 0 radical (unpaired) electrons. The van der Waals surface area contributed by atoms with Crippen LogP contribution in [0.5, 0.6) is 0 Å². The Hall–Kier alpha value is -3.24. The minimum Gasteiger partial charge on any atom is -0.353 e. The lowest BCUT2D eigenvalue weighted by Gasteiger charge is -2.38. The van der Waals surface area contributed by atoms with Crippen molar-refractivity contribution in [3.05, 3.63) is 47.2 Å². The van der Waals surface area contributed by atoms with Crippen LogP contribution < -0.4 is 15.5 Å². The van der Waals surface area contributed by atoms with Gasteiger partial charge >= 0.3 is 0 Å². The molecule has 4 rings (SSSR count). The zero-order valence-corrected chi connectivity index (χ0v) is 19.8. The average Bonchev–Trinajstić information content (AvgIpc) is 2.83. The van der Waals surface area contributed by atoms with Crippen LogP contribution in [0, 0.1) is 6.92 Å². The van der Waals surface area contributed by atoms with E-state index in [4.69, 9.17) is 11.6 Å². The molecule has 1 aromatic heterocycles. The molecule has 3 heterocycles. The van der Waals surface area contributed by atoms with E-state index in [-0.39, 0.29) is 30.7 Å². The molecular weight excluding hydrogens is 458 g/mol. The van der Waals surface area contributed by atoms with E-state index in [2.05, 4.69) is 30.4 Å². The Morgan fingerprint density at radius 1 is 1.15 bits per heavy atom. The number of amides is 3. The van der Waals surface area contributed by atoms with Crippen molar-refractivity contribution in [1.82, 2.24) is 25.1 Å². The lowest BCUT2D eigenvalue weighted by atomic mass is 10.1. The van der Waals surface area contributed by atoms with Crippen molar-refractivity contribution >= 4 is 41.0 Å². The summed E-state index contributed by atoms with van der Waals surface area (Å²) in [4.78, 5) is 52.5. The third-order valence-corrected chi connectivity index (χ3v) is 6.46. The van der Waals surface area contributed by atoms with E-state index in [9.17, 15) is 14.4 Å². The molecule has 0 spiro atoms. The highest BCUT2D eigenvalue weighted by atomic mass is 35.5. The van der Waals surface area contributed by atoms with Gasteiger partial charge in [0.2, 0.25) is 23.7 Å². The number of aryl methyl sites for hydroxylation is 1. The number of benzene rings is 1. The summed E-state index contributed by atoms with van der Waals surface area (Å²) in [5.74, 6) is -0.142. The molecular formula is C23H28ClN7O3. The van der Waals surface area contributed by atoms with E-state index in [0.29, 0.717) is 55.9 Å². The Labute approximate surface area is 203 Å². The third kappa shape index (κ3) is 5.81. The molecule has 2 aliphatic heterocycles. The summed E-state index contributed by atoms with van der Waals surface area (Å²) in [7, 11) is 0. The first-order chi connectivity index (χ1) is 16.4. The summed E-state index contributed by atoms with van der Waals surface area (Å²) < 4.78 is 0. The Morgan fingerprint density at radius 3 is 2.59 bits per heavy atom. The quantitative estimate of drug-likeness (QED) is 0.625. The van der Waals surface area contributed by atoms with Crippen LogP contribution in [-0.2, 0) is 14.4 Å². The number of carbonyl (C=O) groups is 3. The first-order valence-corrected chi connectivity index (χ1v) is 11.7. The van der Waals surface area contributed by atoms with Crippen LogP contribution >= 0.6 is 11.6 Å². The molecule has 2 aliphatic rings. The Kier molecular flexibility index (Phi) is 7.59. The summed E-state index contributed by atoms with van der Waals surface area (Å²) in [6.45, 7) is 5.60. The van der Waals surface area contributed by atoms with Gasteiger partial charge in [-0.1, -0.05) is 17.7 Å². The van der Waals surface area contributed by atoms with Crippen molar-refractivity contribution in [2.75, 3.05) is 56.0 Å². The highest BCUT2D eigenvalue weighted by Gasteiger charge is 2.35. The number of rotatable bonds is 6. The van der Waals surface area contributed by atoms with E-state index in [1.807, 2.05) is 13.0 Å². The molecule has 2 saturated heterocycles. The highest BCUT2D eigenvalue weighted by Crippen LogP contribution is 2.21. The number of hydrogen-bond acceptors (Lipinski definition) is 7. The molecule has 3 amide bonds. The molecule has 2 aromatic rings. The Balaban J connectivity index is 1.33. The summed E-state index contributed by atoms with van der Waals surface area (Å²) >= 11 is 6.13. The van der Waals surface area contributed by atoms with Gasteiger partial charge in [0.15, 0.2) is 0 Å². The first kappa shape index (κ1) is 23.9. The second kappa shape index (κ2) is 10.8. The molecule has 180 valence electrons. The van der Waals surface area contributed by atoms with Crippen LogP contribution in [0.15, 0.2) is 36.7 Å². The largest absolute Gasteiger partial charge is 0.353 e. The van der Waals surface area contributed by atoms with Gasteiger partial charge < -0.3 is 20.4 Å². The molecule has 34 heavy (non-hydrogen) atoms. The van der Waals surface area contributed by atoms with Crippen LogP contribution in [0.3, 0.4) is 0 Å². The van der Waals surface area contributed by atoms with Gasteiger partial charge in [0.05, 0.1) is 13.0 Å². The van der Waals surface area contributed by atoms with Gasteiger partial charge in [0, 0.05) is 62.4 Å². The van der Waals surface area contributed by atoms with Crippen molar-refractivity contribution in [2.24, 2.45) is 0 Å². The molecule has 11 heteroatoms. The topological polar surface area (TPSA) is 111 Å². The summed E-state index contributed by atoms with van der Waals surface area (Å²) in [6, 6.07) is 6.16. The SMILES string of the molecule is Cc1ccc(NC(=O)C[C@@H]2C(=O)NCCN2C(=O)CN2CCN(c3ncccn3)CC2)cc1Cl. The second-order valence-electron chi connectivity index (χ2n) is 8.42. The standard InChI is InChI=1S/C23H28ClN7O3/c1-16-3-4-17(13-18(16)24)28-20(32)14-19-22(34)25-7-8-31(19)21(33)15-29-9-11-30(12-10-29)23-26-5-2-6-27-23/h2-6,13,19H,7-12,14-15H2,1H3,(H,25,34)(H,28,32)/t19-/m1/s1. The van der Waals surface area contributed by atoms with Gasteiger partial charge in [-0.2, -0.15) is 0 Å². The van der Waals surface area contributed by atoms with Crippen LogP contribution in [0.4, 0.5) is 11.6 Å². The molecule has 10 nitrogen and oxygen atoms in total. The summed E-state index contributed by atoms with van der Waals surface area (Å²) in [5, 5.41) is 6.08. The van der Waals surface area contributed by atoms with Crippen molar-refractivity contribution in [1.29, 1.82) is 0 Å². The number of aromatic nitrogens is 2. The predicted molar refractivity (Wildman–Crippen MR) is 129 cm³/mol. The van der Waals surface area contributed by atoms with Crippen molar-refractivity contribution in [3.8, 4) is 0 Å². The van der Waals surface area contributed by atoms with Crippen molar-refractivity contribution in [3.63, 3.8) is 0 Å². The van der Waals surface area contributed by atoms with E-state index in [1.165, 1.54) is 4.90 Å². The Bertz CT molecular complexity index is 1040. The van der Waals surface area contributed by atoms with E-state index in [1.54, 1.807) is 30.6 Å². The normalized spacial score (nSPS) is 19.0. The van der Waals surface area contributed by atoms with Gasteiger partial charge in [0.25, 0.3) is 0 Å². The minimum absolute atomic E-state index is 0.123. The number of carbonyl (C=O) groups excluding carboxylic acids is 3. The lowest BCUT2D eigenvalue weighted by molar-refractivity contribution is -0.145. The monoisotopic (exact) mass is 485 g/mol. The smallest absolute Gasteiger partial charge is 0.243 e. The molecule has 1 atom stereocenters. The number of hydrogen-bond donors (Lipinski definition) is 2. The van der Waals surface area contributed by atoms with Crippen molar-refractivity contribution in [2.45, 2.75) is 19.4 Å². The number of piperazine rings is 2. The van der Waals surface area contributed by atoms with E-state index < -0.39 is 6.04 Å². The van der Waals surface area contributed by atoms with E-state index in [0.717, 1.165) is 5.56 Å². The fourth-order valence-corrected chi connectivity index (χ4v) is 4.30. The number of nitrogens with zero attached hydrogens (tertiary/aromatic N) is 5. The molecule has 0 bridgehead atoms. The van der Waals surface area contributed by atoms with Crippen LogP contribution in [0.25, 0.3) is 0 Å². The number of nitrogens with one attached hydrogen (secondary N) is 2. The zero-order chi connectivity index (χ0) is 24.1. The molecule has 2 fully saturated rings. The zero-order valence-electron chi connectivity index (χ0n) is 19.0. The average molecular weight is 486 g/mol. The van der Waals surface area contributed by atoms with Gasteiger partial charge in [0.1, 0.15) is 6.04 Å². The number of anilines is 2. The fourth-order valence-electron chi connectivity index (χ4n) is 4.12. The first-order valence-electron chi connectivity index (χ1n) is 11.3. The van der Waals surface area contributed by atoms with Crippen molar-refractivity contribution < 1.29 is 14.4 Å². The van der Waals surface area contributed by atoms with E-state index >= 15 is 0 Å². The molecule has 0 aliphatic carbocycles. The highest BCUT2D eigenvalue weighted by molar-refractivity contribution is 6.31. The number of halogens is 1. The molecule has 2 N–H and O–H groups in total. The maximum atomic E-state index is 13.1. The second-order valence-corrected chi connectivity index (χ2v) is 8.83. The Morgan fingerprint density at radius 2 is 1.88 bits per heavy atom. The van der Waals surface area contributed by atoms with Crippen LogP contribution in [0.1, 0.15) is 12.0 Å². The van der Waals surface area contributed by atoms with Gasteiger partial charge in [-0.15, -0.1) is 0 Å². The molecule has 0 saturated carbocycles. The van der Waals surface area contributed by atoms with Crippen LogP contribution in [0.2, 0.25) is 5.02 Å². The maximum Gasteiger partial charge on any atom is 0.243 e. The minimum atomic E-state index is -0.846. The molecule has 1 aromatic carbocycles.